The number of nitrogens with one attached hydrogen (secondary N) is 3. The number of hydrogen-bond acceptors (Lipinski definition) is 7. The number of hydrogen-bond donors (Lipinski definition) is 4. The first-order chi connectivity index (χ1) is 25.6. The highest BCUT2D eigenvalue weighted by molar-refractivity contribution is 5.99. The van der Waals surface area contributed by atoms with E-state index in [0.29, 0.717) is 42.2 Å². The van der Waals surface area contributed by atoms with Crippen LogP contribution < -0.4 is 16.4 Å². The van der Waals surface area contributed by atoms with Crippen LogP contribution in [0.15, 0.2) is 66.7 Å². The van der Waals surface area contributed by atoms with Crippen molar-refractivity contribution in [3.63, 3.8) is 0 Å². The van der Waals surface area contributed by atoms with Gasteiger partial charge in [-0.1, -0.05) is 36.4 Å². The molecule has 0 radical (unpaired) electrons. The van der Waals surface area contributed by atoms with Gasteiger partial charge in [-0.2, -0.15) is 5.10 Å². The zero-order chi connectivity index (χ0) is 37.5. The SMILES string of the molecule is Cc1cc(C(=O)CC2CCCNC2=O)ccc1-c1ccc(CC(CC(=O)C2CCC(CN)CC2)C(=O)Nc2ccc(-c3n[nH]c(C(F)F)n3)cc2)cc1. The molecule has 2 fully saturated rings. The highest BCUT2D eigenvalue weighted by Gasteiger charge is 2.30. The Morgan fingerprint density at radius 2 is 1.66 bits per heavy atom. The standard InChI is InChI=1S/C41H46F2N6O4/c1-24-19-30(36(51)21-31-3-2-18-45-40(31)52)14-17-34(24)27-8-4-25(5-9-27)20-32(22-35(50)28-10-6-26(23-44)7-11-28)41(53)46-33-15-12-29(13-16-33)38-47-39(37(42)43)49-48-38/h4-5,8-9,12-17,19,26,28,31-32,37H,2-3,6-7,10-11,18,20-23,44H2,1H3,(H,45,52)(H,46,53)(H,47,48,49). The number of carbonyl (C=O) groups is 4. The molecule has 1 aliphatic carbocycles. The van der Waals surface area contributed by atoms with Crippen LogP contribution in [-0.2, 0) is 20.8 Å². The number of ketones is 2. The summed E-state index contributed by atoms with van der Waals surface area (Å²) in [4.78, 5) is 56.3. The van der Waals surface area contributed by atoms with Crippen LogP contribution >= 0.6 is 0 Å². The minimum absolute atomic E-state index is 0.0441. The maximum atomic E-state index is 13.8. The Kier molecular flexibility index (Phi) is 12.2. The molecule has 4 aromatic rings. The number of anilines is 1. The predicted molar refractivity (Wildman–Crippen MR) is 198 cm³/mol. The van der Waals surface area contributed by atoms with E-state index in [-0.39, 0.29) is 53.9 Å². The number of piperidine rings is 1. The average molecular weight is 725 g/mol. The van der Waals surface area contributed by atoms with Gasteiger partial charge in [0.1, 0.15) is 5.78 Å². The van der Waals surface area contributed by atoms with Crippen LogP contribution in [0.4, 0.5) is 14.5 Å². The fourth-order valence-corrected chi connectivity index (χ4v) is 7.47. The molecule has 2 heterocycles. The number of Topliss-reactive ketones (excluding diaryl/α,β-unsaturated/α-hetero) is 2. The molecule has 2 atom stereocenters. The third-order valence-corrected chi connectivity index (χ3v) is 10.7. The molecule has 53 heavy (non-hydrogen) atoms. The van der Waals surface area contributed by atoms with E-state index in [1.54, 1.807) is 24.3 Å². The average Bonchev–Trinajstić information content (AvgIpc) is 3.67. The van der Waals surface area contributed by atoms with Gasteiger partial charge in [0.15, 0.2) is 17.4 Å². The lowest BCUT2D eigenvalue weighted by Gasteiger charge is -2.27. The van der Waals surface area contributed by atoms with Crippen molar-refractivity contribution in [1.82, 2.24) is 20.5 Å². The van der Waals surface area contributed by atoms with Crippen LogP contribution in [-0.4, -0.2) is 51.7 Å². The zero-order valence-corrected chi connectivity index (χ0v) is 29.9. The molecule has 2 aliphatic rings. The Hall–Kier alpha value is -5.10. The zero-order valence-electron chi connectivity index (χ0n) is 29.9. The number of rotatable bonds is 14. The van der Waals surface area contributed by atoms with Crippen LogP contribution in [0, 0.1) is 30.6 Å². The van der Waals surface area contributed by atoms with E-state index in [1.165, 1.54) is 0 Å². The Morgan fingerprint density at radius 3 is 2.30 bits per heavy atom. The second kappa shape index (κ2) is 17.2. The summed E-state index contributed by atoms with van der Waals surface area (Å²) >= 11 is 0. The maximum absolute atomic E-state index is 13.8. The Morgan fingerprint density at radius 1 is 0.943 bits per heavy atom. The number of benzene rings is 3. The van der Waals surface area contributed by atoms with E-state index in [9.17, 15) is 28.0 Å². The predicted octanol–water partition coefficient (Wildman–Crippen LogP) is 7.01. The van der Waals surface area contributed by atoms with Gasteiger partial charge in [0.05, 0.1) is 0 Å². The van der Waals surface area contributed by atoms with Gasteiger partial charge < -0.3 is 16.4 Å². The molecule has 6 rings (SSSR count). The maximum Gasteiger partial charge on any atom is 0.296 e. The molecule has 2 unspecified atom stereocenters. The van der Waals surface area contributed by atoms with Crippen LogP contribution in [0.1, 0.15) is 85.1 Å². The van der Waals surface area contributed by atoms with Gasteiger partial charge in [0.25, 0.3) is 6.43 Å². The first-order valence-corrected chi connectivity index (χ1v) is 18.4. The summed E-state index contributed by atoms with van der Waals surface area (Å²) in [5.74, 6) is -1.26. The van der Waals surface area contributed by atoms with E-state index in [0.717, 1.165) is 60.8 Å². The Bertz CT molecular complexity index is 1920. The fraction of sp³-hybridized carbons (Fsp3) is 0.415. The van der Waals surface area contributed by atoms with E-state index < -0.39 is 18.2 Å². The molecular formula is C41H46F2N6O4. The summed E-state index contributed by atoms with van der Waals surface area (Å²) in [5, 5.41) is 11.9. The number of nitrogens with two attached hydrogens (primary N) is 1. The molecule has 3 aromatic carbocycles. The number of aryl methyl sites for hydroxylation is 1. The number of aromatic amines is 1. The van der Waals surface area contributed by atoms with Crippen molar-refractivity contribution in [3.05, 3.63) is 89.2 Å². The van der Waals surface area contributed by atoms with E-state index >= 15 is 0 Å². The first-order valence-electron chi connectivity index (χ1n) is 18.4. The summed E-state index contributed by atoms with van der Waals surface area (Å²) in [6.45, 7) is 3.24. The monoisotopic (exact) mass is 724 g/mol. The van der Waals surface area contributed by atoms with Gasteiger partial charge in [-0.05, 0) is 117 Å². The normalized spacial score (nSPS) is 19.4. The van der Waals surface area contributed by atoms with Crippen molar-refractivity contribution in [2.45, 2.75) is 71.1 Å². The van der Waals surface area contributed by atoms with E-state index in [2.05, 4.69) is 25.8 Å². The number of halogens is 2. The van der Waals surface area contributed by atoms with Crippen molar-refractivity contribution in [1.29, 1.82) is 0 Å². The second-order valence-corrected chi connectivity index (χ2v) is 14.4. The van der Waals surface area contributed by atoms with Crippen molar-refractivity contribution in [3.8, 4) is 22.5 Å². The second-order valence-electron chi connectivity index (χ2n) is 14.4. The molecule has 1 saturated heterocycles. The van der Waals surface area contributed by atoms with Crippen molar-refractivity contribution >= 4 is 29.1 Å². The van der Waals surface area contributed by atoms with Gasteiger partial charge in [0.2, 0.25) is 11.8 Å². The summed E-state index contributed by atoms with van der Waals surface area (Å²) < 4.78 is 25.9. The third kappa shape index (κ3) is 9.47. The minimum atomic E-state index is -2.77. The van der Waals surface area contributed by atoms with Gasteiger partial charge in [-0.15, -0.1) is 0 Å². The summed E-state index contributed by atoms with van der Waals surface area (Å²) in [7, 11) is 0. The molecule has 0 bridgehead atoms. The smallest absolute Gasteiger partial charge is 0.296 e. The van der Waals surface area contributed by atoms with Crippen LogP contribution in [0.5, 0.6) is 0 Å². The van der Waals surface area contributed by atoms with Crippen molar-refractivity contribution < 1.29 is 28.0 Å². The molecular weight excluding hydrogens is 678 g/mol. The number of alkyl halides is 2. The largest absolute Gasteiger partial charge is 0.356 e. The van der Waals surface area contributed by atoms with E-state index in [4.69, 9.17) is 5.73 Å². The quantitative estimate of drug-likeness (QED) is 0.102. The summed E-state index contributed by atoms with van der Waals surface area (Å²) in [6, 6.07) is 20.1. The molecule has 0 spiro atoms. The molecule has 10 nitrogen and oxygen atoms in total. The lowest BCUT2D eigenvalue weighted by molar-refractivity contribution is -0.129. The molecule has 278 valence electrons. The lowest BCUT2D eigenvalue weighted by atomic mass is 9.77. The lowest BCUT2D eigenvalue weighted by Crippen LogP contribution is -2.37. The molecule has 12 heteroatoms. The fourth-order valence-electron chi connectivity index (χ4n) is 7.47. The van der Waals surface area contributed by atoms with Crippen molar-refractivity contribution in [2.75, 3.05) is 18.4 Å². The van der Waals surface area contributed by atoms with Crippen LogP contribution in [0.2, 0.25) is 0 Å². The van der Waals surface area contributed by atoms with Gasteiger partial charge in [-0.3, -0.25) is 24.3 Å². The van der Waals surface area contributed by atoms with Crippen LogP contribution in [0.25, 0.3) is 22.5 Å². The summed E-state index contributed by atoms with van der Waals surface area (Å²) in [5.41, 5.74) is 11.2. The highest BCUT2D eigenvalue weighted by atomic mass is 19.3. The number of amides is 2. The Balaban J connectivity index is 1.14. The molecule has 1 saturated carbocycles. The number of nitrogens with zero attached hydrogens (tertiary/aromatic N) is 2. The van der Waals surface area contributed by atoms with E-state index in [1.807, 2.05) is 49.4 Å². The number of aromatic nitrogens is 3. The molecule has 5 N–H and O–H groups in total. The molecule has 1 aromatic heterocycles. The summed E-state index contributed by atoms with van der Waals surface area (Å²) in [6.07, 6.45) is 2.86. The third-order valence-electron chi connectivity index (χ3n) is 10.7. The van der Waals surface area contributed by atoms with Gasteiger partial charge >= 0.3 is 0 Å². The molecule has 1 aliphatic heterocycles. The number of H-pyrrole nitrogens is 1. The van der Waals surface area contributed by atoms with Crippen molar-refractivity contribution in [2.24, 2.45) is 29.4 Å². The molecule has 2 amide bonds. The highest BCUT2D eigenvalue weighted by Crippen LogP contribution is 2.32. The van der Waals surface area contributed by atoms with Gasteiger partial charge in [-0.25, -0.2) is 13.8 Å². The number of carbonyl (C=O) groups excluding carboxylic acids is 4. The van der Waals surface area contributed by atoms with Crippen LogP contribution in [0.3, 0.4) is 0 Å². The Labute approximate surface area is 307 Å². The minimum Gasteiger partial charge on any atom is -0.356 e. The topological polar surface area (TPSA) is 160 Å². The van der Waals surface area contributed by atoms with Gasteiger partial charge in [0, 0.05) is 54.0 Å². The first kappa shape index (κ1) is 37.7.